The van der Waals surface area contributed by atoms with Gasteiger partial charge in [-0.2, -0.15) is 5.26 Å². The lowest BCUT2D eigenvalue weighted by Gasteiger charge is -2.07. The van der Waals surface area contributed by atoms with Crippen LogP contribution >= 0.6 is 11.8 Å². The molecule has 0 radical (unpaired) electrons. The van der Waals surface area contributed by atoms with Gasteiger partial charge in [-0.3, -0.25) is 0 Å². The molecule has 0 aliphatic carbocycles. The van der Waals surface area contributed by atoms with Crippen LogP contribution in [0.2, 0.25) is 0 Å². The molecule has 1 N–H and O–H groups in total. The minimum absolute atomic E-state index is 0.0379. The molecule has 1 aromatic carbocycles. The summed E-state index contributed by atoms with van der Waals surface area (Å²) in [5.41, 5.74) is 3.36. The maximum atomic E-state index is 9.21. The highest BCUT2D eigenvalue weighted by Crippen LogP contribution is 2.30. The monoisotopic (exact) mass is 270 g/mol. The van der Waals surface area contributed by atoms with Crippen molar-refractivity contribution in [2.45, 2.75) is 30.4 Å². The molecule has 1 heterocycles. The number of rotatable bonds is 3. The fourth-order valence-electron chi connectivity index (χ4n) is 1.79. The van der Waals surface area contributed by atoms with Gasteiger partial charge in [-0.1, -0.05) is 23.9 Å². The normalized spacial score (nSPS) is 10.2. The molecule has 19 heavy (non-hydrogen) atoms. The van der Waals surface area contributed by atoms with E-state index in [0.29, 0.717) is 5.56 Å². The van der Waals surface area contributed by atoms with Crippen LogP contribution in [0.25, 0.3) is 0 Å². The Morgan fingerprint density at radius 2 is 1.95 bits per heavy atom. The number of aryl methyl sites for hydroxylation is 2. The predicted octanol–water partition coefficient (Wildman–Crippen LogP) is 3.21. The minimum Gasteiger partial charge on any atom is -0.392 e. The summed E-state index contributed by atoms with van der Waals surface area (Å²) in [7, 11) is 0. The maximum Gasteiger partial charge on any atom is 0.119 e. The highest BCUT2D eigenvalue weighted by atomic mass is 32.2. The molecule has 1 aromatic heterocycles. The summed E-state index contributed by atoms with van der Waals surface area (Å²) in [6.07, 6.45) is 0. The Morgan fingerprint density at radius 1 is 1.26 bits per heavy atom. The molecule has 0 amide bonds. The van der Waals surface area contributed by atoms with Gasteiger partial charge in [0.1, 0.15) is 11.1 Å². The Hall–Kier alpha value is -1.83. The molecule has 2 rings (SSSR count). The third-order valence-corrected chi connectivity index (χ3v) is 3.74. The highest BCUT2D eigenvalue weighted by Gasteiger charge is 2.10. The molecular formula is C15H14N2OS. The van der Waals surface area contributed by atoms with E-state index >= 15 is 0 Å². The van der Waals surface area contributed by atoms with Crippen molar-refractivity contribution in [1.29, 1.82) is 5.26 Å². The number of hydrogen-bond acceptors (Lipinski definition) is 4. The van der Waals surface area contributed by atoms with Gasteiger partial charge in [0.05, 0.1) is 12.2 Å². The molecule has 4 heteroatoms. The van der Waals surface area contributed by atoms with Crippen molar-refractivity contribution < 1.29 is 5.11 Å². The van der Waals surface area contributed by atoms with Gasteiger partial charge in [0.25, 0.3) is 0 Å². The fourth-order valence-corrected chi connectivity index (χ4v) is 2.78. The van der Waals surface area contributed by atoms with Gasteiger partial charge in [0, 0.05) is 10.6 Å². The van der Waals surface area contributed by atoms with Gasteiger partial charge in [-0.15, -0.1) is 0 Å². The summed E-state index contributed by atoms with van der Waals surface area (Å²) < 4.78 is 0. The van der Waals surface area contributed by atoms with Crippen LogP contribution in [0.15, 0.2) is 40.3 Å². The van der Waals surface area contributed by atoms with Crippen LogP contribution in [-0.2, 0) is 6.61 Å². The van der Waals surface area contributed by atoms with E-state index < -0.39 is 0 Å². The smallest absolute Gasteiger partial charge is 0.119 e. The minimum atomic E-state index is 0.0379. The van der Waals surface area contributed by atoms with Gasteiger partial charge >= 0.3 is 0 Å². The molecule has 0 saturated carbocycles. The number of hydrogen-bond donors (Lipinski definition) is 1. The lowest BCUT2D eigenvalue weighted by Crippen LogP contribution is -1.94. The van der Waals surface area contributed by atoms with Crippen molar-refractivity contribution >= 4 is 11.8 Å². The SMILES string of the molecule is Cc1cc(C)c(C#N)c(Sc2ccc(CO)cc2)n1. The second kappa shape index (κ2) is 5.87. The van der Waals surface area contributed by atoms with Crippen molar-refractivity contribution in [3.8, 4) is 6.07 Å². The van der Waals surface area contributed by atoms with Gasteiger partial charge in [-0.25, -0.2) is 4.98 Å². The predicted molar refractivity (Wildman–Crippen MR) is 74.9 cm³/mol. The Balaban J connectivity index is 2.34. The van der Waals surface area contributed by atoms with E-state index in [0.717, 1.165) is 26.7 Å². The molecule has 0 aliphatic heterocycles. The van der Waals surface area contributed by atoms with Crippen LogP contribution in [-0.4, -0.2) is 10.1 Å². The van der Waals surface area contributed by atoms with Gasteiger partial charge in [0.15, 0.2) is 0 Å². The molecule has 3 nitrogen and oxygen atoms in total. The Labute approximate surface area is 116 Å². The van der Waals surface area contributed by atoms with E-state index in [-0.39, 0.29) is 6.61 Å². The molecule has 96 valence electrons. The number of pyridine rings is 1. The average molecular weight is 270 g/mol. The first-order chi connectivity index (χ1) is 9.13. The van der Waals surface area contributed by atoms with Crippen LogP contribution in [0, 0.1) is 25.2 Å². The van der Waals surface area contributed by atoms with Crippen LogP contribution < -0.4 is 0 Å². The Kier molecular flexibility index (Phi) is 4.20. The molecule has 0 bridgehead atoms. The number of aromatic nitrogens is 1. The lowest BCUT2D eigenvalue weighted by molar-refractivity contribution is 0.282. The van der Waals surface area contributed by atoms with Crippen LogP contribution in [0.4, 0.5) is 0 Å². The summed E-state index contributed by atoms with van der Waals surface area (Å²) in [5.74, 6) is 0. The third kappa shape index (κ3) is 3.14. The summed E-state index contributed by atoms with van der Waals surface area (Å²) in [5, 5.41) is 19.0. The molecule has 0 atom stereocenters. The summed E-state index contributed by atoms with van der Waals surface area (Å²) in [4.78, 5) is 5.44. The van der Waals surface area contributed by atoms with Crippen LogP contribution in [0.5, 0.6) is 0 Å². The quantitative estimate of drug-likeness (QED) is 0.930. The van der Waals surface area contributed by atoms with Crippen molar-refractivity contribution in [1.82, 2.24) is 4.98 Å². The summed E-state index contributed by atoms with van der Waals surface area (Å²) in [6.45, 7) is 3.88. The Bertz CT molecular complexity index is 630. The lowest BCUT2D eigenvalue weighted by atomic mass is 10.1. The highest BCUT2D eigenvalue weighted by molar-refractivity contribution is 7.99. The topological polar surface area (TPSA) is 56.9 Å². The molecular weight excluding hydrogens is 256 g/mol. The van der Waals surface area contributed by atoms with Crippen LogP contribution in [0.3, 0.4) is 0 Å². The van der Waals surface area contributed by atoms with E-state index in [1.807, 2.05) is 44.2 Å². The second-order valence-corrected chi connectivity index (χ2v) is 5.34. The standard InChI is InChI=1S/C15H14N2OS/c1-10-7-11(2)17-15(14(10)8-16)19-13-5-3-12(9-18)4-6-13/h3-7,18H,9H2,1-2H3. The first kappa shape index (κ1) is 13.6. The van der Waals surface area contributed by atoms with E-state index in [9.17, 15) is 5.26 Å². The zero-order chi connectivity index (χ0) is 13.8. The molecule has 0 saturated heterocycles. The van der Waals surface area contributed by atoms with Gasteiger partial charge in [0.2, 0.25) is 0 Å². The number of aliphatic hydroxyl groups is 1. The van der Waals surface area contributed by atoms with Crippen molar-refractivity contribution in [3.63, 3.8) is 0 Å². The number of benzene rings is 1. The van der Waals surface area contributed by atoms with E-state index in [2.05, 4.69) is 11.1 Å². The molecule has 0 spiro atoms. The van der Waals surface area contributed by atoms with Crippen molar-refractivity contribution in [2.75, 3.05) is 0 Å². The number of nitrogens with zero attached hydrogens (tertiary/aromatic N) is 2. The first-order valence-electron chi connectivity index (χ1n) is 5.90. The van der Waals surface area contributed by atoms with Gasteiger partial charge < -0.3 is 5.11 Å². The zero-order valence-electron chi connectivity index (χ0n) is 10.8. The molecule has 0 fully saturated rings. The average Bonchev–Trinajstić information content (AvgIpc) is 2.39. The third-order valence-electron chi connectivity index (χ3n) is 2.74. The second-order valence-electron chi connectivity index (χ2n) is 4.28. The van der Waals surface area contributed by atoms with E-state index in [4.69, 9.17) is 5.11 Å². The number of nitriles is 1. The molecule has 2 aromatic rings. The molecule has 0 aliphatic rings. The summed E-state index contributed by atoms with van der Waals surface area (Å²) >= 11 is 1.47. The van der Waals surface area contributed by atoms with E-state index in [1.54, 1.807) is 0 Å². The fraction of sp³-hybridized carbons (Fsp3) is 0.200. The maximum absolute atomic E-state index is 9.21. The summed E-state index contributed by atoms with van der Waals surface area (Å²) in [6, 6.07) is 11.7. The number of aliphatic hydroxyl groups excluding tert-OH is 1. The van der Waals surface area contributed by atoms with Gasteiger partial charge in [-0.05, 0) is 43.2 Å². The van der Waals surface area contributed by atoms with Crippen molar-refractivity contribution in [2.24, 2.45) is 0 Å². The molecule has 0 unspecified atom stereocenters. The largest absolute Gasteiger partial charge is 0.392 e. The first-order valence-corrected chi connectivity index (χ1v) is 6.71. The van der Waals surface area contributed by atoms with Crippen LogP contribution in [0.1, 0.15) is 22.4 Å². The zero-order valence-corrected chi connectivity index (χ0v) is 11.7. The Morgan fingerprint density at radius 3 is 2.53 bits per heavy atom. The van der Waals surface area contributed by atoms with E-state index in [1.165, 1.54) is 11.8 Å². The van der Waals surface area contributed by atoms with Crippen molar-refractivity contribution in [3.05, 3.63) is 52.7 Å².